The third kappa shape index (κ3) is 4.05. The van der Waals surface area contributed by atoms with Gasteiger partial charge in [0.15, 0.2) is 0 Å². The molecule has 4 nitrogen and oxygen atoms in total. The van der Waals surface area contributed by atoms with E-state index in [2.05, 4.69) is 42.0 Å². The van der Waals surface area contributed by atoms with E-state index in [9.17, 15) is 4.79 Å². The SMILES string of the molecule is CCC(CC)NC(=O)CN(C)[C@@H](C)c1nc2ccccc2s1. The Morgan fingerprint density at radius 3 is 2.64 bits per heavy atom. The third-order valence-corrected chi connectivity index (χ3v) is 5.28. The van der Waals surface area contributed by atoms with Crippen LogP contribution in [0.5, 0.6) is 0 Å². The van der Waals surface area contributed by atoms with Crippen LogP contribution in [0, 0.1) is 0 Å². The van der Waals surface area contributed by atoms with E-state index in [-0.39, 0.29) is 18.0 Å². The maximum Gasteiger partial charge on any atom is 0.234 e. The van der Waals surface area contributed by atoms with Gasteiger partial charge in [-0.3, -0.25) is 9.69 Å². The van der Waals surface area contributed by atoms with Gasteiger partial charge in [-0.1, -0.05) is 26.0 Å². The van der Waals surface area contributed by atoms with E-state index in [0.717, 1.165) is 23.4 Å². The lowest BCUT2D eigenvalue weighted by molar-refractivity contribution is -0.123. The molecular formula is C17H25N3OS. The predicted octanol–water partition coefficient (Wildman–Crippen LogP) is 3.59. The van der Waals surface area contributed by atoms with E-state index in [0.29, 0.717) is 6.54 Å². The Labute approximate surface area is 136 Å². The number of likely N-dealkylation sites (N-methyl/N-ethyl adjacent to an activating group) is 1. The fourth-order valence-corrected chi connectivity index (χ4v) is 3.47. The van der Waals surface area contributed by atoms with E-state index in [4.69, 9.17) is 0 Å². The van der Waals surface area contributed by atoms with Crippen LogP contribution >= 0.6 is 11.3 Å². The van der Waals surface area contributed by atoms with Crippen molar-refractivity contribution in [3.8, 4) is 0 Å². The number of aromatic nitrogens is 1. The maximum atomic E-state index is 12.1. The van der Waals surface area contributed by atoms with Crippen molar-refractivity contribution in [2.45, 2.75) is 45.7 Å². The molecule has 0 saturated heterocycles. The minimum atomic E-state index is 0.0872. The van der Waals surface area contributed by atoms with Crippen molar-refractivity contribution in [1.29, 1.82) is 0 Å². The fraction of sp³-hybridized carbons (Fsp3) is 0.529. The molecule has 0 spiro atoms. The average molecular weight is 319 g/mol. The van der Waals surface area contributed by atoms with Crippen LogP contribution in [0.1, 0.15) is 44.7 Å². The third-order valence-electron chi connectivity index (χ3n) is 4.07. The van der Waals surface area contributed by atoms with Crippen molar-refractivity contribution < 1.29 is 4.79 Å². The molecule has 22 heavy (non-hydrogen) atoms. The topological polar surface area (TPSA) is 45.2 Å². The molecule has 1 amide bonds. The van der Waals surface area contributed by atoms with Gasteiger partial charge in [-0.25, -0.2) is 4.98 Å². The van der Waals surface area contributed by atoms with Crippen molar-refractivity contribution in [1.82, 2.24) is 15.2 Å². The highest BCUT2D eigenvalue weighted by molar-refractivity contribution is 7.18. The van der Waals surface area contributed by atoms with E-state index in [1.165, 1.54) is 4.70 Å². The van der Waals surface area contributed by atoms with Crippen LogP contribution in [0.4, 0.5) is 0 Å². The van der Waals surface area contributed by atoms with E-state index in [1.54, 1.807) is 11.3 Å². The highest BCUT2D eigenvalue weighted by atomic mass is 32.1. The monoisotopic (exact) mass is 319 g/mol. The summed E-state index contributed by atoms with van der Waals surface area (Å²) in [5.74, 6) is 0.0872. The number of hydrogen-bond acceptors (Lipinski definition) is 4. The number of amides is 1. The Morgan fingerprint density at radius 1 is 1.32 bits per heavy atom. The summed E-state index contributed by atoms with van der Waals surface area (Å²) in [6.45, 7) is 6.69. The van der Waals surface area contributed by atoms with E-state index in [1.807, 2.05) is 25.2 Å². The van der Waals surface area contributed by atoms with Gasteiger partial charge in [0.05, 0.1) is 22.8 Å². The van der Waals surface area contributed by atoms with Gasteiger partial charge in [-0.05, 0) is 38.9 Å². The zero-order valence-electron chi connectivity index (χ0n) is 13.8. The maximum absolute atomic E-state index is 12.1. The zero-order chi connectivity index (χ0) is 16.1. The highest BCUT2D eigenvalue weighted by Crippen LogP contribution is 2.28. The molecule has 0 aliphatic heterocycles. The lowest BCUT2D eigenvalue weighted by atomic mass is 10.2. The molecule has 0 aliphatic carbocycles. The van der Waals surface area contributed by atoms with Crippen LogP contribution in [0.25, 0.3) is 10.2 Å². The molecule has 1 heterocycles. The first-order valence-corrected chi connectivity index (χ1v) is 8.71. The Morgan fingerprint density at radius 2 is 2.00 bits per heavy atom. The van der Waals surface area contributed by atoms with E-state index < -0.39 is 0 Å². The molecule has 1 N–H and O–H groups in total. The molecule has 0 bridgehead atoms. The summed E-state index contributed by atoms with van der Waals surface area (Å²) in [4.78, 5) is 18.9. The predicted molar refractivity (Wildman–Crippen MR) is 93.2 cm³/mol. The highest BCUT2D eigenvalue weighted by Gasteiger charge is 2.19. The number of rotatable bonds is 7. The summed E-state index contributed by atoms with van der Waals surface area (Å²) >= 11 is 1.70. The second-order valence-electron chi connectivity index (χ2n) is 5.69. The molecule has 5 heteroatoms. The molecule has 120 valence electrons. The molecular weight excluding hydrogens is 294 g/mol. The number of carbonyl (C=O) groups is 1. The van der Waals surface area contributed by atoms with Crippen molar-refractivity contribution >= 4 is 27.5 Å². The van der Waals surface area contributed by atoms with Crippen LogP contribution in [0.3, 0.4) is 0 Å². The first-order chi connectivity index (χ1) is 10.5. The van der Waals surface area contributed by atoms with E-state index >= 15 is 0 Å². The van der Waals surface area contributed by atoms with Crippen LogP contribution in [0.2, 0.25) is 0 Å². The van der Waals surface area contributed by atoms with Crippen molar-refractivity contribution in [2.75, 3.05) is 13.6 Å². The average Bonchev–Trinajstić information content (AvgIpc) is 2.95. The molecule has 0 saturated carbocycles. The van der Waals surface area contributed by atoms with Crippen LogP contribution in [0.15, 0.2) is 24.3 Å². The summed E-state index contributed by atoms with van der Waals surface area (Å²) in [7, 11) is 1.98. The standard InChI is InChI=1S/C17H25N3OS/c1-5-13(6-2)18-16(21)11-20(4)12(3)17-19-14-9-7-8-10-15(14)22-17/h7-10,12-13H,5-6,11H2,1-4H3,(H,18,21)/t12-/m0/s1. The summed E-state index contributed by atoms with van der Waals surface area (Å²) in [5, 5.41) is 4.14. The first kappa shape index (κ1) is 16.9. The molecule has 1 aromatic heterocycles. The molecule has 0 fully saturated rings. The second kappa shape index (κ2) is 7.70. The van der Waals surface area contributed by atoms with Crippen LogP contribution in [-0.2, 0) is 4.79 Å². The van der Waals surface area contributed by atoms with Gasteiger partial charge >= 0.3 is 0 Å². The van der Waals surface area contributed by atoms with Crippen LogP contribution in [-0.4, -0.2) is 35.4 Å². The first-order valence-electron chi connectivity index (χ1n) is 7.90. The van der Waals surface area contributed by atoms with Gasteiger partial charge in [0, 0.05) is 6.04 Å². The number of para-hydroxylation sites is 1. The summed E-state index contributed by atoms with van der Waals surface area (Å²) < 4.78 is 1.19. The Bertz CT molecular complexity index is 588. The molecule has 1 aromatic carbocycles. The van der Waals surface area contributed by atoms with Gasteiger partial charge in [-0.15, -0.1) is 11.3 Å². The molecule has 0 unspecified atom stereocenters. The summed E-state index contributed by atoms with van der Waals surface area (Å²) in [6.07, 6.45) is 1.94. The Hall–Kier alpha value is -1.46. The van der Waals surface area contributed by atoms with Gasteiger partial charge in [0.2, 0.25) is 5.91 Å². The number of benzene rings is 1. The number of hydrogen-bond donors (Lipinski definition) is 1. The quantitative estimate of drug-likeness (QED) is 0.848. The fourth-order valence-electron chi connectivity index (χ4n) is 2.39. The minimum Gasteiger partial charge on any atom is -0.352 e. The lowest BCUT2D eigenvalue weighted by Crippen LogP contribution is -2.41. The van der Waals surface area contributed by atoms with Gasteiger partial charge in [-0.2, -0.15) is 0 Å². The molecule has 2 rings (SSSR count). The van der Waals surface area contributed by atoms with Gasteiger partial charge < -0.3 is 5.32 Å². The lowest BCUT2D eigenvalue weighted by Gasteiger charge is -2.23. The number of thiazole rings is 1. The second-order valence-corrected chi connectivity index (χ2v) is 6.75. The van der Waals surface area contributed by atoms with Gasteiger partial charge in [0.25, 0.3) is 0 Å². The van der Waals surface area contributed by atoms with Crippen molar-refractivity contribution in [2.24, 2.45) is 0 Å². The Kier molecular flexibility index (Phi) is 5.91. The smallest absolute Gasteiger partial charge is 0.234 e. The number of nitrogens with one attached hydrogen (secondary N) is 1. The largest absolute Gasteiger partial charge is 0.352 e. The minimum absolute atomic E-state index is 0.0872. The number of nitrogens with zero attached hydrogens (tertiary/aromatic N) is 2. The van der Waals surface area contributed by atoms with Gasteiger partial charge in [0.1, 0.15) is 5.01 Å². The Balaban J connectivity index is 1.99. The molecule has 0 aliphatic rings. The normalized spacial score (nSPS) is 13.0. The zero-order valence-corrected chi connectivity index (χ0v) is 14.6. The van der Waals surface area contributed by atoms with Crippen LogP contribution < -0.4 is 5.32 Å². The number of carbonyl (C=O) groups excluding carboxylic acids is 1. The van der Waals surface area contributed by atoms with Crippen molar-refractivity contribution in [3.05, 3.63) is 29.3 Å². The summed E-state index contributed by atoms with van der Waals surface area (Å²) in [5.41, 5.74) is 1.03. The molecule has 2 aromatic rings. The molecule has 1 atom stereocenters. The van der Waals surface area contributed by atoms with Crippen molar-refractivity contribution in [3.63, 3.8) is 0 Å². The number of fused-ring (bicyclic) bond motifs is 1. The summed E-state index contributed by atoms with van der Waals surface area (Å²) in [6, 6.07) is 8.55. The molecule has 0 radical (unpaired) electrons.